The summed E-state index contributed by atoms with van der Waals surface area (Å²) in [4.78, 5) is 25.8. The summed E-state index contributed by atoms with van der Waals surface area (Å²) in [5, 5.41) is 10.6. The van der Waals surface area contributed by atoms with E-state index in [-0.39, 0.29) is 43.1 Å². The van der Waals surface area contributed by atoms with Gasteiger partial charge < -0.3 is 15.6 Å². The maximum Gasteiger partial charge on any atom is 0.244 e. The van der Waals surface area contributed by atoms with E-state index in [1.165, 1.54) is 4.90 Å². The molecule has 140 valence electrons. The molecule has 0 saturated heterocycles. The van der Waals surface area contributed by atoms with Crippen molar-refractivity contribution in [2.24, 2.45) is 0 Å². The molecule has 0 spiro atoms. The van der Waals surface area contributed by atoms with Gasteiger partial charge in [0, 0.05) is 30.4 Å². The monoisotopic (exact) mass is 375 g/mol. The van der Waals surface area contributed by atoms with E-state index < -0.39 is 23.4 Å². The van der Waals surface area contributed by atoms with Crippen LogP contribution in [0.15, 0.2) is 36.4 Å². The van der Waals surface area contributed by atoms with Gasteiger partial charge in [-0.1, -0.05) is 18.2 Å². The molecule has 1 heterocycles. The van der Waals surface area contributed by atoms with E-state index in [0.29, 0.717) is 17.8 Å². The van der Waals surface area contributed by atoms with Crippen LogP contribution < -0.4 is 5.32 Å². The molecule has 1 aliphatic rings. The second kappa shape index (κ2) is 7.61. The average molecular weight is 375 g/mol. The Labute approximate surface area is 153 Å². The summed E-state index contributed by atoms with van der Waals surface area (Å²) in [5.74, 6) is -4.34. The number of hydrogen-bond acceptors (Lipinski definition) is 3. The van der Waals surface area contributed by atoms with E-state index >= 15 is 0 Å². The Kier molecular flexibility index (Phi) is 5.25. The van der Waals surface area contributed by atoms with E-state index in [1.807, 2.05) is 0 Å². The number of hydrogen-bond donors (Lipinski definition) is 2. The minimum Gasteiger partial charge on any atom is -0.329 e. The Hall–Kier alpha value is -3.16. The molecule has 8 heteroatoms. The summed E-state index contributed by atoms with van der Waals surface area (Å²) >= 11 is 0. The third kappa shape index (κ3) is 4.33. The van der Waals surface area contributed by atoms with Crippen LogP contribution in [0.3, 0.4) is 0 Å². The molecule has 2 aromatic carbocycles. The standard InChI is InChI=1S/C19H16F3N3O2/c20-14-8-16(22)15(21)6-12(14)5-13(23)7-19(27)25-9-11-3-1-2-4-17(11)24-18(26)10-25/h1-4,6,8,23H,5,7,9-10H2,(H,24,26). The number of anilines is 1. The van der Waals surface area contributed by atoms with Crippen LogP contribution in [0, 0.1) is 22.9 Å². The van der Waals surface area contributed by atoms with Crippen molar-refractivity contribution in [1.29, 1.82) is 5.41 Å². The molecule has 1 aliphatic heterocycles. The van der Waals surface area contributed by atoms with Gasteiger partial charge in [0.2, 0.25) is 11.8 Å². The molecule has 5 nitrogen and oxygen atoms in total. The maximum atomic E-state index is 13.7. The quantitative estimate of drug-likeness (QED) is 0.637. The van der Waals surface area contributed by atoms with Crippen LogP contribution in [0.5, 0.6) is 0 Å². The number of nitrogens with one attached hydrogen (secondary N) is 2. The van der Waals surface area contributed by atoms with Crippen LogP contribution in [0.2, 0.25) is 0 Å². The molecule has 0 aromatic heterocycles. The molecule has 0 unspecified atom stereocenters. The first-order valence-electron chi connectivity index (χ1n) is 8.18. The van der Waals surface area contributed by atoms with Crippen molar-refractivity contribution in [3.05, 3.63) is 65.0 Å². The summed E-state index contributed by atoms with van der Waals surface area (Å²) < 4.78 is 39.9. The topological polar surface area (TPSA) is 73.3 Å². The highest BCUT2D eigenvalue weighted by atomic mass is 19.2. The minimum absolute atomic E-state index is 0.164. The van der Waals surface area contributed by atoms with Crippen molar-refractivity contribution in [3.63, 3.8) is 0 Å². The highest BCUT2D eigenvalue weighted by Gasteiger charge is 2.24. The number of amides is 2. The number of halogens is 3. The van der Waals surface area contributed by atoms with Crippen LogP contribution in [0.4, 0.5) is 18.9 Å². The number of carbonyl (C=O) groups is 2. The smallest absolute Gasteiger partial charge is 0.244 e. The van der Waals surface area contributed by atoms with Crippen LogP contribution in [0.1, 0.15) is 17.5 Å². The number of rotatable bonds is 4. The minimum atomic E-state index is -1.31. The second-order valence-corrected chi connectivity index (χ2v) is 6.27. The van der Waals surface area contributed by atoms with Gasteiger partial charge in [-0.25, -0.2) is 13.2 Å². The molecule has 0 bridgehead atoms. The number of para-hydroxylation sites is 1. The molecular formula is C19H16F3N3O2. The van der Waals surface area contributed by atoms with Gasteiger partial charge in [-0.2, -0.15) is 0 Å². The van der Waals surface area contributed by atoms with Crippen molar-refractivity contribution < 1.29 is 22.8 Å². The van der Waals surface area contributed by atoms with Gasteiger partial charge in [0.1, 0.15) is 12.4 Å². The third-order valence-corrected chi connectivity index (χ3v) is 4.20. The highest BCUT2D eigenvalue weighted by molar-refractivity contribution is 6.03. The summed E-state index contributed by atoms with van der Waals surface area (Å²) in [5.41, 5.74) is 1.01. The van der Waals surface area contributed by atoms with Gasteiger partial charge in [-0.3, -0.25) is 9.59 Å². The van der Waals surface area contributed by atoms with Crippen molar-refractivity contribution in [2.75, 3.05) is 11.9 Å². The first-order chi connectivity index (χ1) is 12.8. The Morgan fingerprint density at radius 1 is 1.07 bits per heavy atom. The van der Waals surface area contributed by atoms with Crippen molar-refractivity contribution in [1.82, 2.24) is 4.90 Å². The normalized spacial score (nSPS) is 13.6. The van der Waals surface area contributed by atoms with Crippen LogP contribution in [0.25, 0.3) is 0 Å². The first-order valence-corrected chi connectivity index (χ1v) is 8.18. The summed E-state index contributed by atoms with van der Waals surface area (Å²) in [6.07, 6.45) is -0.681. The first kappa shape index (κ1) is 18.6. The fraction of sp³-hybridized carbons (Fsp3) is 0.211. The van der Waals surface area contributed by atoms with E-state index in [0.717, 1.165) is 5.56 Å². The van der Waals surface area contributed by atoms with Gasteiger partial charge in [-0.05, 0) is 23.3 Å². The van der Waals surface area contributed by atoms with Gasteiger partial charge in [0.15, 0.2) is 11.6 Å². The van der Waals surface area contributed by atoms with Gasteiger partial charge in [0.25, 0.3) is 0 Å². The number of fused-ring (bicyclic) bond motifs is 1. The number of nitrogens with zero attached hydrogens (tertiary/aromatic N) is 1. The molecule has 3 rings (SSSR count). The Morgan fingerprint density at radius 3 is 2.56 bits per heavy atom. The van der Waals surface area contributed by atoms with Gasteiger partial charge >= 0.3 is 0 Å². The largest absolute Gasteiger partial charge is 0.329 e. The Balaban J connectivity index is 1.69. The zero-order chi connectivity index (χ0) is 19.6. The lowest BCUT2D eigenvalue weighted by Gasteiger charge is -2.20. The zero-order valence-electron chi connectivity index (χ0n) is 14.2. The van der Waals surface area contributed by atoms with Gasteiger partial charge in [-0.15, -0.1) is 0 Å². The predicted molar refractivity (Wildman–Crippen MR) is 92.9 cm³/mol. The third-order valence-electron chi connectivity index (χ3n) is 4.20. The SMILES string of the molecule is N=C(CC(=O)N1CC(=O)Nc2ccccc2C1)Cc1cc(F)c(F)cc1F. The van der Waals surface area contributed by atoms with Crippen LogP contribution >= 0.6 is 0 Å². The molecule has 2 aromatic rings. The average Bonchev–Trinajstić information content (AvgIpc) is 2.77. The lowest BCUT2D eigenvalue weighted by Crippen LogP contribution is -2.36. The van der Waals surface area contributed by atoms with E-state index in [4.69, 9.17) is 5.41 Å². The highest BCUT2D eigenvalue weighted by Crippen LogP contribution is 2.21. The molecule has 0 saturated carbocycles. The molecule has 0 fully saturated rings. The number of carbonyl (C=O) groups excluding carboxylic acids is 2. The maximum absolute atomic E-state index is 13.7. The predicted octanol–water partition coefficient (Wildman–Crippen LogP) is 3.04. The Bertz CT molecular complexity index is 930. The van der Waals surface area contributed by atoms with Crippen molar-refractivity contribution >= 4 is 23.2 Å². The van der Waals surface area contributed by atoms with E-state index in [1.54, 1.807) is 24.3 Å². The second-order valence-electron chi connectivity index (χ2n) is 6.27. The lowest BCUT2D eigenvalue weighted by molar-refractivity contribution is -0.134. The Morgan fingerprint density at radius 2 is 1.78 bits per heavy atom. The summed E-state index contributed by atoms with van der Waals surface area (Å²) in [6.45, 7) is 0.0287. The van der Waals surface area contributed by atoms with E-state index in [2.05, 4.69) is 5.32 Å². The van der Waals surface area contributed by atoms with Crippen LogP contribution in [-0.2, 0) is 22.6 Å². The fourth-order valence-electron chi connectivity index (χ4n) is 2.87. The fourth-order valence-corrected chi connectivity index (χ4v) is 2.87. The summed E-state index contributed by atoms with van der Waals surface area (Å²) in [7, 11) is 0. The molecule has 0 atom stereocenters. The van der Waals surface area contributed by atoms with Crippen molar-refractivity contribution in [2.45, 2.75) is 19.4 Å². The molecule has 27 heavy (non-hydrogen) atoms. The van der Waals surface area contributed by atoms with Crippen molar-refractivity contribution in [3.8, 4) is 0 Å². The van der Waals surface area contributed by atoms with Gasteiger partial charge in [0.05, 0.1) is 6.42 Å². The molecule has 0 radical (unpaired) electrons. The van der Waals surface area contributed by atoms with Crippen LogP contribution in [-0.4, -0.2) is 29.0 Å². The molecule has 2 amide bonds. The molecule has 0 aliphatic carbocycles. The summed E-state index contributed by atoms with van der Waals surface area (Å²) in [6, 6.07) is 8.16. The lowest BCUT2D eigenvalue weighted by atomic mass is 10.0. The zero-order valence-corrected chi connectivity index (χ0v) is 14.2. The molecule has 2 N–H and O–H groups in total. The number of benzene rings is 2. The molecular weight excluding hydrogens is 359 g/mol. The van der Waals surface area contributed by atoms with E-state index in [9.17, 15) is 22.8 Å².